The standard InChI is InChI=1S/C24H29NO4/c1-27-20-10-18-9-17(4-5-19(18)21(28-2)22(20)29-3)23(26)25-24-11-14-6-15(12-24)8-16(7-14)13-24/h4-5,9-10,14-16H,6-8,11-13H2,1-3H3,(H,25,26). The van der Waals surface area contributed by atoms with E-state index in [9.17, 15) is 4.79 Å². The van der Waals surface area contributed by atoms with E-state index in [1.807, 2.05) is 24.3 Å². The first-order valence-electron chi connectivity index (χ1n) is 10.6. The van der Waals surface area contributed by atoms with Crippen LogP contribution in [0.4, 0.5) is 0 Å². The SMILES string of the molecule is COc1cc2cc(C(=O)NC34CC5CC(CC(C5)C3)C4)ccc2c(OC)c1OC. The number of rotatable bonds is 5. The van der Waals surface area contributed by atoms with E-state index in [2.05, 4.69) is 5.32 Å². The van der Waals surface area contributed by atoms with Crippen molar-refractivity contribution >= 4 is 16.7 Å². The van der Waals surface area contributed by atoms with Gasteiger partial charge in [-0.05, 0) is 85.9 Å². The van der Waals surface area contributed by atoms with Crippen LogP contribution in [-0.4, -0.2) is 32.8 Å². The maximum absolute atomic E-state index is 13.2. The van der Waals surface area contributed by atoms with E-state index in [1.54, 1.807) is 21.3 Å². The van der Waals surface area contributed by atoms with Gasteiger partial charge in [0.05, 0.1) is 21.3 Å². The molecule has 5 nitrogen and oxygen atoms in total. The molecule has 0 radical (unpaired) electrons. The summed E-state index contributed by atoms with van der Waals surface area (Å²) in [5, 5.41) is 5.26. The summed E-state index contributed by atoms with van der Waals surface area (Å²) in [5.41, 5.74) is 0.693. The molecule has 4 aliphatic rings. The van der Waals surface area contributed by atoms with Gasteiger partial charge in [-0.15, -0.1) is 0 Å². The molecular formula is C24H29NO4. The molecule has 1 N–H and O–H groups in total. The van der Waals surface area contributed by atoms with Crippen molar-refractivity contribution in [3.63, 3.8) is 0 Å². The summed E-state index contributed by atoms with van der Waals surface area (Å²) < 4.78 is 16.5. The summed E-state index contributed by atoms with van der Waals surface area (Å²) in [7, 11) is 4.82. The Bertz CT molecular complexity index is 932. The smallest absolute Gasteiger partial charge is 0.251 e. The van der Waals surface area contributed by atoms with E-state index in [-0.39, 0.29) is 11.4 Å². The van der Waals surface area contributed by atoms with Crippen molar-refractivity contribution in [1.29, 1.82) is 0 Å². The fourth-order valence-electron chi connectivity index (χ4n) is 6.60. The van der Waals surface area contributed by atoms with Gasteiger partial charge in [0.1, 0.15) is 0 Å². The van der Waals surface area contributed by atoms with E-state index in [0.29, 0.717) is 22.8 Å². The summed E-state index contributed by atoms with van der Waals surface area (Å²) in [6.07, 6.45) is 7.55. The van der Waals surface area contributed by atoms with Gasteiger partial charge in [0, 0.05) is 16.5 Å². The summed E-state index contributed by atoms with van der Waals surface area (Å²) >= 11 is 0. The quantitative estimate of drug-likeness (QED) is 0.806. The molecule has 0 unspecified atom stereocenters. The van der Waals surface area contributed by atoms with Crippen LogP contribution >= 0.6 is 0 Å². The zero-order valence-corrected chi connectivity index (χ0v) is 17.4. The van der Waals surface area contributed by atoms with Crippen LogP contribution in [0.5, 0.6) is 17.2 Å². The largest absolute Gasteiger partial charge is 0.493 e. The predicted octanol–water partition coefficient (Wildman–Crippen LogP) is 4.56. The molecule has 6 rings (SSSR count). The summed E-state index contributed by atoms with van der Waals surface area (Å²) in [6.45, 7) is 0. The minimum atomic E-state index is 0.01000. The lowest BCUT2D eigenvalue weighted by atomic mass is 9.53. The summed E-state index contributed by atoms with van der Waals surface area (Å²) in [4.78, 5) is 13.2. The normalized spacial score (nSPS) is 29.7. The van der Waals surface area contributed by atoms with Gasteiger partial charge in [-0.1, -0.05) is 0 Å². The van der Waals surface area contributed by atoms with Gasteiger partial charge < -0.3 is 19.5 Å². The zero-order valence-electron chi connectivity index (χ0n) is 17.4. The van der Waals surface area contributed by atoms with E-state index in [0.717, 1.165) is 47.8 Å². The Morgan fingerprint density at radius 1 is 0.897 bits per heavy atom. The number of hydrogen-bond donors (Lipinski definition) is 1. The van der Waals surface area contributed by atoms with Crippen LogP contribution in [0.25, 0.3) is 10.8 Å². The van der Waals surface area contributed by atoms with Crippen molar-refractivity contribution in [3.8, 4) is 17.2 Å². The first-order valence-corrected chi connectivity index (χ1v) is 10.6. The first kappa shape index (κ1) is 18.6. The number of nitrogens with one attached hydrogen (secondary N) is 1. The molecule has 4 aliphatic carbocycles. The van der Waals surface area contributed by atoms with Crippen LogP contribution in [0.15, 0.2) is 24.3 Å². The van der Waals surface area contributed by atoms with Crippen molar-refractivity contribution in [1.82, 2.24) is 5.32 Å². The van der Waals surface area contributed by atoms with E-state index in [1.165, 1.54) is 19.3 Å². The van der Waals surface area contributed by atoms with Gasteiger partial charge >= 0.3 is 0 Å². The number of carbonyl (C=O) groups is 1. The highest BCUT2D eigenvalue weighted by Gasteiger charge is 2.51. The fraction of sp³-hybridized carbons (Fsp3) is 0.542. The molecular weight excluding hydrogens is 366 g/mol. The maximum atomic E-state index is 13.2. The number of benzene rings is 2. The predicted molar refractivity (Wildman–Crippen MR) is 112 cm³/mol. The minimum Gasteiger partial charge on any atom is -0.493 e. The average molecular weight is 395 g/mol. The molecule has 29 heavy (non-hydrogen) atoms. The number of fused-ring (bicyclic) bond motifs is 1. The molecule has 0 aromatic heterocycles. The second-order valence-corrected chi connectivity index (χ2v) is 9.23. The number of methoxy groups -OCH3 is 3. The Morgan fingerprint density at radius 3 is 2.07 bits per heavy atom. The lowest BCUT2D eigenvalue weighted by molar-refractivity contribution is -0.0167. The topological polar surface area (TPSA) is 56.8 Å². The Labute approximate surface area is 171 Å². The molecule has 2 aromatic rings. The van der Waals surface area contributed by atoms with Gasteiger partial charge in [-0.3, -0.25) is 4.79 Å². The Morgan fingerprint density at radius 2 is 1.52 bits per heavy atom. The van der Waals surface area contributed by atoms with Gasteiger partial charge in [0.15, 0.2) is 11.5 Å². The Balaban J connectivity index is 1.47. The van der Waals surface area contributed by atoms with Gasteiger partial charge in [-0.2, -0.15) is 0 Å². The zero-order chi connectivity index (χ0) is 20.2. The molecule has 2 aromatic carbocycles. The molecule has 5 heteroatoms. The number of amides is 1. The number of hydrogen-bond acceptors (Lipinski definition) is 4. The van der Waals surface area contributed by atoms with Crippen LogP contribution < -0.4 is 19.5 Å². The molecule has 0 atom stereocenters. The highest BCUT2D eigenvalue weighted by atomic mass is 16.5. The Kier molecular flexibility index (Phi) is 4.37. The lowest BCUT2D eigenvalue weighted by Crippen LogP contribution is -2.59. The van der Waals surface area contributed by atoms with Crippen molar-refractivity contribution in [2.75, 3.05) is 21.3 Å². The lowest BCUT2D eigenvalue weighted by Gasteiger charge is -2.56. The molecule has 0 aliphatic heterocycles. The molecule has 154 valence electrons. The second-order valence-electron chi connectivity index (χ2n) is 9.23. The van der Waals surface area contributed by atoms with Crippen LogP contribution in [0.3, 0.4) is 0 Å². The number of carbonyl (C=O) groups excluding carboxylic acids is 1. The van der Waals surface area contributed by atoms with E-state index in [4.69, 9.17) is 14.2 Å². The van der Waals surface area contributed by atoms with Gasteiger partial charge in [-0.25, -0.2) is 0 Å². The third kappa shape index (κ3) is 3.02. The molecule has 0 heterocycles. The highest BCUT2D eigenvalue weighted by molar-refractivity contribution is 6.01. The van der Waals surface area contributed by atoms with Crippen LogP contribution in [0, 0.1) is 17.8 Å². The third-order valence-electron chi connectivity index (χ3n) is 7.32. The van der Waals surface area contributed by atoms with Crippen molar-refractivity contribution in [2.24, 2.45) is 17.8 Å². The average Bonchev–Trinajstić information content (AvgIpc) is 2.70. The molecule has 4 fully saturated rings. The molecule has 1 amide bonds. The Hall–Kier alpha value is -2.43. The van der Waals surface area contributed by atoms with Gasteiger partial charge in [0.25, 0.3) is 5.91 Å². The monoisotopic (exact) mass is 395 g/mol. The first-order chi connectivity index (χ1) is 14.0. The van der Waals surface area contributed by atoms with Crippen LogP contribution in [0.1, 0.15) is 48.9 Å². The summed E-state index contributed by atoms with van der Waals surface area (Å²) in [5.74, 6) is 4.22. The fourth-order valence-corrected chi connectivity index (χ4v) is 6.60. The van der Waals surface area contributed by atoms with E-state index >= 15 is 0 Å². The summed E-state index contributed by atoms with van der Waals surface area (Å²) in [6, 6.07) is 7.64. The van der Waals surface area contributed by atoms with Crippen molar-refractivity contribution in [2.45, 2.75) is 44.1 Å². The van der Waals surface area contributed by atoms with Crippen molar-refractivity contribution < 1.29 is 19.0 Å². The molecule has 0 spiro atoms. The minimum absolute atomic E-state index is 0.01000. The maximum Gasteiger partial charge on any atom is 0.251 e. The van der Waals surface area contributed by atoms with Crippen LogP contribution in [0.2, 0.25) is 0 Å². The molecule has 4 saturated carbocycles. The van der Waals surface area contributed by atoms with Crippen LogP contribution in [-0.2, 0) is 0 Å². The van der Waals surface area contributed by atoms with E-state index < -0.39 is 0 Å². The van der Waals surface area contributed by atoms with Gasteiger partial charge in [0.2, 0.25) is 5.75 Å². The van der Waals surface area contributed by atoms with Crippen molar-refractivity contribution in [3.05, 3.63) is 29.8 Å². The number of ether oxygens (including phenoxy) is 3. The molecule has 0 saturated heterocycles. The third-order valence-corrected chi connectivity index (χ3v) is 7.32. The molecule has 4 bridgehead atoms. The highest BCUT2D eigenvalue weighted by Crippen LogP contribution is 2.55. The second kappa shape index (κ2) is 6.82.